The highest BCUT2D eigenvalue weighted by atomic mass is 79.9. The first-order valence-corrected chi connectivity index (χ1v) is 8.35. The maximum atomic E-state index is 12.7. The number of amides is 1. The summed E-state index contributed by atoms with van der Waals surface area (Å²) in [5.74, 6) is 0.666. The first-order chi connectivity index (χ1) is 11.7. The largest absolute Gasteiger partial charge is 0.324 e. The third-order valence-corrected chi connectivity index (χ3v) is 4.77. The zero-order valence-corrected chi connectivity index (χ0v) is 14.3. The molecule has 0 spiro atoms. The third kappa shape index (κ3) is 2.71. The van der Waals surface area contributed by atoms with Crippen LogP contribution in [0.3, 0.4) is 0 Å². The number of hydrogen-bond acceptors (Lipinski definition) is 4. The Kier molecular flexibility index (Phi) is 3.65. The summed E-state index contributed by atoms with van der Waals surface area (Å²) in [4.78, 5) is 20.9. The van der Waals surface area contributed by atoms with Crippen LogP contribution >= 0.6 is 15.9 Å². The van der Waals surface area contributed by atoms with Crippen molar-refractivity contribution in [3.8, 4) is 5.82 Å². The van der Waals surface area contributed by atoms with E-state index < -0.39 is 5.41 Å². The molecule has 3 aromatic rings. The molecule has 0 radical (unpaired) electrons. The summed E-state index contributed by atoms with van der Waals surface area (Å²) in [5, 5.41) is 7.00. The molecule has 1 amide bonds. The van der Waals surface area contributed by atoms with Crippen molar-refractivity contribution in [1.29, 1.82) is 0 Å². The van der Waals surface area contributed by atoms with Crippen LogP contribution in [-0.4, -0.2) is 25.7 Å². The average molecular weight is 384 g/mol. The van der Waals surface area contributed by atoms with Crippen molar-refractivity contribution >= 4 is 27.5 Å². The number of carbonyl (C=O) groups is 1. The number of nitrogens with one attached hydrogen (secondary N) is 1. The summed E-state index contributed by atoms with van der Waals surface area (Å²) in [7, 11) is 0. The summed E-state index contributed by atoms with van der Waals surface area (Å²) in [6.45, 7) is 0. The molecule has 2 heterocycles. The maximum absolute atomic E-state index is 12.7. The fourth-order valence-corrected chi connectivity index (χ4v) is 2.98. The standard InChI is InChI=1S/C17H14BrN5O/c18-13-3-1-12(2-4-13)17(7-8-17)16(24)22-14-5-6-15(20-9-14)23-11-19-10-21-23/h1-6,9-11H,7-8H2,(H,22,24). The number of aromatic nitrogens is 4. The first kappa shape index (κ1) is 15.0. The van der Waals surface area contributed by atoms with Crippen LogP contribution < -0.4 is 5.32 Å². The molecule has 0 saturated heterocycles. The second kappa shape index (κ2) is 5.83. The lowest BCUT2D eigenvalue weighted by Crippen LogP contribution is -2.27. The van der Waals surface area contributed by atoms with Crippen LogP contribution in [0.4, 0.5) is 5.69 Å². The van der Waals surface area contributed by atoms with Gasteiger partial charge in [-0.05, 0) is 42.7 Å². The summed E-state index contributed by atoms with van der Waals surface area (Å²) in [5.41, 5.74) is 1.31. The lowest BCUT2D eigenvalue weighted by molar-refractivity contribution is -0.118. The molecule has 4 rings (SSSR count). The van der Waals surface area contributed by atoms with Crippen LogP contribution in [0, 0.1) is 0 Å². The molecule has 2 aromatic heterocycles. The molecule has 6 nitrogen and oxygen atoms in total. The number of benzene rings is 1. The average Bonchev–Trinajstić information content (AvgIpc) is 3.23. The van der Waals surface area contributed by atoms with Crippen molar-refractivity contribution in [3.05, 3.63) is 65.3 Å². The van der Waals surface area contributed by atoms with E-state index in [1.165, 1.54) is 6.33 Å². The van der Waals surface area contributed by atoms with Gasteiger partial charge in [-0.25, -0.2) is 14.6 Å². The van der Waals surface area contributed by atoms with Crippen molar-refractivity contribution in [2.24, 2.45) is 0 Å². The van der Waals surface area contributed by atoms with Gasteiger partial charge in [-0.2, -0.15) is 5.10 Å². The Morgan fingerprint density at radius 3 is 2.54 bits per heavy atom. The number of hydrogen-bond donors (Lipinski definition) is 1. The second-order valence-electron chi connectivity index (χ2n) is 5.79. The van der Waals surface area contributed by atoms with Crippen LogP contribution in [0.5, 0.6) is 0 Å². The van der Waals surface area contributed by atoms with E-state index in [1.54, 1.807) is 23.3 Å². The SMILES string of the molecule is O=C(Nc1ccc(-n2cncn2)nc1)C1(c2ccc(Br)cc2)CC1. The molecule has 1 N–H and O–H groups in total. The van der Waals surface area contributed by atoms with Crippen LogP contribution in [0.25, 0.3) is 5.82 Å². The minimum atomic E-state index is -0.411. The van der Waals surface area contributed by atoms with E-state index in [2.05, 4.69) is 36.3 Å². The van der Waals surface area contributed by atoms with Crippen LogP contribution in [0.15, 0.2) is 59.7 Å². The molecule has 24 heavy (non-hydrogen) atoms. The predicted octanol–water partition coefficient (Wildman–Crippen LogP) is 3.10. The van der Waals surface area contributed by atoms with Gasteiger partial charge in [-0.15, -0.1) is 0 Å². The number of rotatable bonds is 4. The normalized spacial score (nSPS) is 15.0. The van der Waals surface area contributed by atoms with Gasteiger partial charge in [0, 0.05) is 4.47 Å². The van der Waals surface area contributed by atoms with Crippen LogP contribution in [-0.2, 0) is 10.2 Å². The molecule has 7 heteroatoms. The molecule has 1 aliphatic rings. The molecule has 0 bridgehead atoms. The minimum Gasteiger partial charge on any atom is -0.324 e. The molecule has 1 aromatic carbocycles. The predicted molar refractivity (Wildman–Crippen MR) is 92.8 cm³/mol. The zero-order chi connectivity index (χ0) is 16.6. The first-order valence-electron chi connectivity index (χ1n) is 7.56. The van der Waals surface area contributed by atoms with Crippen molar-refractivity contribution in [1.82, 2.24) is 19.7 Å². The monoisotopic (exact) mass is 383 g/mol. The van der Waals surface area contributed by atoms with E-state index in [9.17, 15) is 4.79 Å². The summed E-state index contributed by atoms with van der Waals surface area (Å²) < 4.78 is 2.57. The Morgan fingerprint density at radius 2 is 1.96 bits per heavy atom. The number of nitrogens with zero attached hydrogens (tertiary/aromatic N) is 4. The van der Waals surface area contributed by atoms with Crippen molar-refractivity contribution < 1.29 is 4.79 Å². The lowest BCUT2D eigenvalue weighted by atomic mass is 9.95. The van der Waals surface area contributed by atoms with Gasteiger partial charge in [0.15, 0.2) is 5.82 Å². The van der Waals surface area contributed by atoms with E-state index in [0.717, 1.165) is 22.9 Å². The molecule has 1 aliphatic carbocycles. The highest BCUT2D eigenvalue weighted by molar-refractivity contribution is 9.10. The summed E-state index contributed by atoms with van der Waals surface area (Å²) in [6.07, 6.45) is 6.39. The van der Waals surface area contributed by atoms with Crippen LogP contribution in [0.2, 0.25) is 0 Å². The van der Waals surface area contributed by atoms with Crippen molar-refractivity contribution in [3.63, 3.8) is 0 Å². The van der Waals surface area contributed by atoms with E-state index >= 15 is 0 Å². The molecule has 1 saturated carbocycles. The van der Waals surface area contributed by atoms with Gasteiger partial charge in [0.05, 0.1) is 17.3 Å². The molecule has 0 unspecified atom stereocenters. The third-order valence-electron chi connectivity index (χ3n) is 4.24. The second-order valence-corrected chi connectivity index (χ2v) is 6.70. The Balaban J connectivity index is 1.51. The summed E-state index contributed by atoms with van der Waals surface area (Å²) in [6, 6.07) is 11.6. The Labute approximate surface area is 147 Å². The van der Waals surface area contributed by atoms with E-state index in [0.29, 0.717) is 11.5 Å². The Hall–Kier alpha value is -2.54. The quantitative estimate of drug-likeness (QED) is 0.751. The van der Waals surface area contributed by atoms with E-state index in [1.807, 2.05) is 30.3 Å². The molecular weight excluding hydrogens is 370 g/mol. The summed E-state index contributed by atoms with van der Waals surface area (Å²) >= 11 is 3.43. The molecule has 120 valence electrons. The van der Waals surface area contributed by atoms with Gasteiger partial charge < -0.3 is 5.32 Å². The lowest BCUT2D eigenvalue weighted by Gasteiger charge is -2.16. The number of carbonyl (C=O) groups excluding carboxylic acids is 1. The van der Waals surface area contributed by atoms with Gasteiger partial charge in [0.1, 0.15) is 12.7 Å². The van der Waals surface area contributed by atoms with E-state index in [-0.39, 0.29) is 5.91 Å². The van der Waals surface area contributed by atoms with Crippen LogP contribution in [0.1, 0.15) is 18.4 Å². The Morgan fingerprint density at radius 1 is 1.17 bits per heavy atom. The maximum Gasteiger partial charge on any atom is 0.235 e. The number of anilines is 1. The topological polar surface area (TPSA) is 72.7 Å². The fourth-order valence-electron chi connectivity index (χ4n) is 2.71. The van der Waals surface area contributed by atoms with Gasteiger partial charge in [-0.1, -0.05) is 28.1 Å². The molecule has 1 fully saturated rings. The van der Waals surface area contributed by atoms with Gasteiger partial charge in [-0.3, -0.25) is 4.79 Å². The molecule has 0 aliphatic heterocycles. The van der Waals surface area contributed by atoms with E-state index in [4.69, 9.17) is 0 Å². The number of pyridine rings is 1. The number of halogens is 1. The highest BCUT2D eigenvalue weighted by Gasteiger charge is 2.51. The van der Waals surface area contributed by atoms with Crippen molar-refractivity contribution in [2.75, 3.05) is 5.32 Å². The molecule has 0 atom stereocenters. The highest BCUT2D eigenvalue weighted by Crippen LogP contribution is 2.49. The van der Waals surface area contributed by atoms with Gasteiger partial charge >= 0.3 is 0 Å². The smallest absolute Gasteiger partial charge is 0.235 e. The van der Waals surface area contributed by atoms with Gasteiger partial charge in [0.2, 0.25) is 5.91 Å². The fraction of sp³-hybridized carbons (Fsp3) is 0.176. The van der Waals surface area contributed by atoms with Crippen molar-refractivity contribution in [2.45, 2.75) is 18.3 Å². The van der Waals surface area contributed by atoms with Gasteiger partial charge in [0.25, 0.3) is 0 Å². The Bertz CT molecular complexity index is 855. The minimum absolute atomic E-state index is 0.0140. The zero-order valence-electron chi connectivity index (χ0n) is 12.7. The molecular formula is C17H14BrN5O.